The Bertz CT molecular complexity index is 1010. The number of fused-ring (bicyclic) bond motifs is 1. The highest BCUT2D eigenvalue weighted by Crippen LogP contribution is 2.38. The zero-order valence-corrected chi connectivity index (χ0v) is 19.5. The first kappa shape index (κ1) is 24.7. The molecule has 176 valence electrons. The molecule has 1 aromatic heterocycles. The standard InChI is InChI=1S/C23H30FN3O4.ClH/c1-23(7-3-18(4-8-23)30-12-11-29-2)26-9-5-17(6-10-26)27-20-14-16(15-25)13-19(24)21(20)31-22(27)28;/h13-14,17-18H,3-12H2,1-2H3;1H/t18-,23-;. The maximum Gasteiger partial charge on any atom is 0.420 e. The number of rotatable bonds is 6. The fourth-order valence-corrected chi connectivity index (χ4v) is 5.16. The van der Waals surface area contributed by atoms with Crippen molar-refractivity contribution in [2.24, 2.45) is 0 Å². The van der Waals surface area contributed by atoms with Crippen molar-refractivity contribution in [3.63, 3.8) is 0 Å². The lowest BCUT2D eigenvalue weighted by Gasteiger charge is -2.48. The highest BCUT2D eigenvalue weighted by molar-refractivity contribution is 5.85. The lowest BCUT2D eigenvalue weighted by molar-refractivity contribution is -0.0419. The molecule has 1 aromatic carbocycles. The summed E-state index contributed by atoms with van der Waals surface area (Å²) >= 11 is 0. The summed E-state index contributed by atoms with van der Waals surface area (Å²) in [5.41, 5.74) is 0.634. The number of hydrogen-bond acceptors (Lipinski definition) is 6. The summed E-state index contributed by atoms with van der Waals surface area (Å²) in [6.07, 6.45) is 6.14. The minimum atomic E-state index is -0.667. The minimum Gasteiger partial charge on any atom is -0.405 e. The third-order valence-corrected chi connectivity index (χ3v) is 7.04. The smallest absolute Gasteiger partial charge is 0.405 e. The van der Waals surface area contributed by atoms with Gasteiger partial charge < -0.3 is 13.9 Å². The van der Waals surface area contributed by atoms with E-state index in [2.05, 4.69) is 11.8 Å². The fraction of sp³-hybridized carbons (Fsp3) is 0.652. The molecule has 9 heteroatoms. The molecular formula is C23H31ClFN3O4. The van der Waals surface area contributed by atoms with Gasteiger partial charge in [-0.05, 0) is 57.6 Å². The molecule has 0 N–H and O–H groups in total. The molecule has 2 fully saturated rings. The fourth-order valence-electron chi connectivity index (χ4n) is 5.16. The Hall–Kier alpha value is -1.92. The van der Waals surface area contributed by atoms with Crippen molar-refractivity contribution in [1.29, 1.82) is 5.26 Å². The van der Waals surface area contributed by atoms with Crippen molar-refractivity contribution in [3.8, 4) is 6.07 Å². The number of hydrogen-bond donors (Lipinski definition) is 0. The van der Waals surface area contributed by atoms with Crippen LogP contribution >= 0.6 is 12.4 Å². The summed E-state index contributed by atoms with van der Waals surface area (Å²) < 4.78 is 32.0. The second-order valence-electron chi connectivity index (χ2n) is 8.93. The van der Waals surface area contributed by atoms with Crippen LogP contribution in [-0.2, 0) is 9.47 Å². The first-order chi connectivity index (χ1) is 14.9. The van der Waals surface area contributed by atoms with Gasteiger partial charge in [0, 0.05) is 31.8 Å². The Kier molecular flexibility index (Phi) is 7.99. The lowest BCUT2D eigenvalue weighted by Crippen LogP contribution is -2.53. The molecule has 2 aliphatic rings. The van der Waals surface area contributed by atoms with Crippen molar-refractivity contribution in [1.82, 2.24) is 9.47 Å². The van der Waals surface area contributed by atoms with Crippen molar-refractivity contribution in [2.45, 2.75) is 63.1 Å². The third kappa shape index (κ3) is 4.86. The normalized spacial score (nSPS) is 24.9. The van der Waals surface area contributed by atoms with E-state index >= 15 is 0 Å². The van der Waals surface area contributed by atoms with E-state index in [0.717, 1.165) is 57.7 Å². The van der Waals surface area contributed by atoms with Gasteiger partial charge in [-0.15, -0.1) is 12.4 Å². The third-order valence-electron chi connectivity index (χ3n) is 7.04. The first-order valence-corrected chi connectivity index (χ1v) is 11.1. The molecule has 0 spiro atoms. The summed E-state index contributed by atoms with van der Waals surface area (Å²) in [6.45, 7) is 5.34. The number of oxazole rings is 1. The van der Waals surface area contributed by atoms with Gasteiger partial charge in [0.25, 0.3) is 0 Å². The van der Waals surface area contributed by atoms with Gasteiger partial charge in [0.1, 0.15) is 0 Å². The van der Waals surface area contributed by atoms with Crippen LogP contribution in [0.2, 0.25) is 0 Å². The van der Waals surface area contributed by atoms with Gasteiger partial charge in [0.15, 0.2) is 11.4 Å². The van der Waals surface area contributed by atoms with Crippen molar-refractivity contribution in [2.75, 3.05) is 33.4 Å². The average Bonchev–Trinajstić information content (AvgIpc) is 3.12. The molecule has 0 unspecified atom stereocenters. The Morgan fingerprint density at radius 2 is 1.91 bits per heavy atom. The monoisotopic (exact) mass is 467 g/mol. The van der Waals surface area contributed by atoms with Gasteiger partial charge in [-0.25, -0.2) is 9.18 Å². The number of nitrogens with zero attached hydrogens (tertiary/aromatic N) is 3. The number of aromatic nitrogens is 1. The second kappa shape index (κ2) is 10.3. The van der Waals surface area contributed by atoms with Crippen molar-refractivity contribution in [3.05, 3.63) is 34.1 Å². The van der Waals surface area contributed by atoms with Crippen LogP contribution in [0.3, 0.4) is 0 Å². The lowest BCUT2D eigenvalue weighted by atomic mass is 9.79. The number of piperidine rings is 1. The van der Waals surface area contributed by atoms with Crippen LogP contribution < -0.4 is 5.76 Å². The quantitative estimate of drug-likeness (QED) is 0.597. The highest BCUT2D eigenvalue weighted by atomic mass is 35.5. The minimum absolute atomic E-state index is 0. The van der Waals surface area contributed by atoms with E-state index in [1.165, 1.54) is 0 Å². The predicted molar refractivity (Wildman–Crippen MR) is 121 cm³/mol. The zero-order chi connectivity index (χ0) is 22.0. The molecule has 2 heterocycles. The largest absolute Gasteiger partial charge is 0.420 e. The van der Waals surface area contributed by atoms with Gasteiger partial charge in [0.05, 0.1) is 36.5 Å². The van der Waals surface area contributed by atoms with Crippen LogP contribution in [0.4, 0.5) is 4.39 Å². The molecule has 1 saturated heterocycles. The first-order valence-electron chi connectivity index (χ1n) is 11.1. The molecular weight excluding hydrogens is 437 g/mol. The summed E-state index contributed by atoms with van der Waals surface area (Å²) in [5, 5.41) is 9.16. The highest BCUT2D eigenvalue weighted by Gasteiger charge is 2.39. The van der Waals surface area contributed by atoms with E-state index in [1.807, 2.05) is 6.07 Å². The molecule has 1 aliphatic heterocycles. The van der Waals surface area contributed by atoms with E-state index in [4.69, 9.17) is 19.2 Å². The second-order valence-corrected chi connectivity index (χ2v) is 8.93. The molecule has 4 rings (SSSR count). The summed E-state index contributed by atoms with van der Waals surface area (Å²) in [6, 6.07) is 4.54. The van der Waals surface area contributed by atoms with Gasteiger partial charge in [-0.1, -0.05) is 0 Å². The molecule has 1 aliphatic carbocycles. The topological polar surface area (TPSA) is 80.6 Å². The summed E-state index contributed by atoms with van der Waals surface area (Å²) in [5.74, 6) is -1.22. The van der Waals surface area contributed by atoms with Gasteiger partial charge in [-0.3, -0.25) is 9.47 Å². The van der Waals surface area contributed by atoms with E-state index in [-0.39, 0.29) is 35.1 Å². The number of likely N-dealkylation sites (tertiary alicyclic amines) is 1. The van der Waals surface area contributed by atoms with Crippen molar-refractivity contribution >= 4 is 23.5 Å². The van der Waals surface area contributed by atoms with E-state index in [1.54, 1.807) is 17.7 Å². The predicted octanol–water partition coefficient (Wildman–Crippen LogP) is 4.03. The van der Waals surface area contributed by atoms with Gasteiger partial charge >= 0.3 is 5.76 Å². The molecule has 0 atom stereocenters. The average molecular weight is 468 g/mol. The SMILES string of the molecule is COCCO[C@H]1CC[C@](C)(N2CCC(n3c(=O)oc4c(F)cc(C#N)cc43)CC2)CC1.Cl. The van der Waals surface area contributed by atoms with Gasteiger partial charge in [0.2, 0.25) is 0 Å². The Morgan fingerprint density at radius 1 is 1.22 bits per heavy atom. The van der Waals surface area contributed by atoms with Crippen LogP contribution in [-0.4, -0.2) is 54.5 Å². The molecule has 7 nitrogen and oxygen atoms in total. The van der Waals surface area contributed by atoms with Crippen LogP contribution in [0.15, 0.2) is 21.3 Å². The molecule has 0 amide bonds. The maximum atomic E-state index is 14.3. The number of ether oxygens (including phenoxy) is 2. The molecule has 0 radical (unpaired) electrons. The number of nitriles is 1. The maximum absolute atomic E-state index is 14.3. The Morgan fingerprint density at radius 3 is 2.53 bits per heavy atom. The number of methoxy groups -OCH3 is 1. The van der Waals surface area contributed by atoms with Gasteiger partial charge in [-0.2, -0.15) is 5.26 Å². The summed E-state index contributed by atoms with van der Waals surface area (Å²) in [4.78, 5) is 15.0. The summed E-state index contributed by atoms with van der Waals surface area (Å²) in [7, 11) is 1.68. The van der Waals surface area contributed by atoms with E-state index < -0.39 is 11.6 Å². The Labute approximate surface area is 193 Å². The molecule has 0 bridgehead atoms. The van der Waals surface area contributed by atoms with Crippen LogP contribution in [0.1, 0.15) is 57.1 Å². The van der Waals surface area contributed by atoms with Crippen LogP contribution in [0.5, 0.6) is 0 Å². The van der Waals surface area contributed by atoms with Crippen molar-refractivity contribution < 1.29 is 18.3 Å². The Balaban J connectivity index is 0.00000289. The zero-order valence-electron chi connectivity index (χ0n) is 18.6. The van der Waals surface area contributed by atoms with Crippen LogP contribution in [0.25, 0.3) is 11.1 Å². The molecule has 32 heavy (non-hydrogen) atoms. The molecule has 1 saturated carbocycles. The van der Waals surface area contributed by atoms with E-state index in [9.17, 15) is 9.18 Å². The number of benzene rings is 1. The van der Waals surface area contributed by atoms with Crippen LogP contribution in [0, 0.1) is 17.1 Å². The number of halogens is 2. The molecule has 2 aromatic rings. The van der Waals surface area contributed by atoms with E-state index in [0.29, 0.717) is 24.8 Å².